The summed E-state index contributed by atoms with van der Waals surface area (Å²) in [6.45, 7) is 6.89. The third kappa shape index (κ3) is 3.85. The molecule has 0 atom stereocenters. The Bertz CT molecular complexity index is 462. The molecule has 0 aliphatic carbocycles. The van der Waals surface area contributed by atoms with Crippen LogP contribution in [0.5, 0.6) is 0 Å². The fourth-order valence-corrected chi connectivity index (χ4v) is 2.41. The van der Waals surface area contributed by atoms with E-state index in [4.69, 9.17) is 0 Å². The number of hydrogen-bond donors (Lipinski definition) is 2. The first-order valence-corrected chi connectivity index (χ1v) is 7.24. The second-order valence-electron chi connectivity index (χ2n) is 4.91. The molecule has 1 amide bonds. The second kappa shape index (κ2) is 7.72. The molecule has 5 nitrogen and oxygen atoms in total. The molecular formula is C15H24N2O3. The van der Waals surface area contributed by atoms with Gasteiger partial charge >= 0.3 is 5.97 Å². The van der Waals surface area contributed by atoms with Gasteiger partial charge in [-0.2, -0.15) is 0 Å². The largest absolute Gasteiger partial charge is 0.478 e. The van der Waals surface area contributed by atoms with Crippen LogP contribution in [0.2, 0.25) is 0 Å². The molecule has 0 spiro atoms. The van der Waals surface area contributed by atoms with E-state index in [1.54, 1.807) is 16.8 Å². The Morgan fingerprint density at radius 2 is 1.95 bits per heavy atom. The summed E-state index contributed by atoms with van der Waals surface area (Å²) in [5.74, 6) is -0.846. The summed E-state index contributed by atoms with van der Waals surface area (Å²) in [5, 5.41) is 12.1. The lowest BCUT2D eigenvalue weighted by atomic mass is 9.96. The van der Waals surface area contributed by atoms with E-state index >= 15 is 0 Å². The number of hydrogen-bond acceptors (Lipinski definition) is 2. The van der Waals surface area contributed by atoms with E-state index in [2.05, 4.69) is 5.32 Å². The Balaban J connectivity index is 3.01. The molecule has 1 heterocycles. The van der Waals surface area contributed by atoms with Gasteiger partial charge in [-0.25, -0.2) is 4.79 Å². The van der Waals surface area contributed by atoms with Crippen LogP contribution in [0.1, 0.15) is 62.0 Å². The quantitative estimate of drug-likeness (QED) is 0.769. The minimum atomic E-state index is -0.931. The van der Waals surface area contributed by atoms with Crippen molar-refractivity contribution in [3.8, 4) is 0 Å². The fourth-order valence-electron chi connectivity index (χ4n) is 2.41. The summed E-state index contributed by atoms with van der Waals surface area (Å²) in [6.07, 6.45) is 4.30. The van der Waals surface area contributed by atoms with Gasteiger partial charge in [0, 0.05) is 18.4 Å². The van der Waals surface area contributed by atoms with E-state index in [9.17, 15) is 14.7 Å². The van der Waals surface area contributed by atoms with Crippen molar-refractivity contribution in [2.45, 2.75) is 52.5 Å². The van der Waals surface area contributed by atoms with Gasteiger partial charge in [0.25, 0.3) is 0 Å². The summed E-state index contributed by atoms with van der Waals surface area (Å²) in [5.41, 5.74) is 1.07. The molecule has 0 aliphatic rings. The molecule has 1 aromatic rings. The lowest BCUT2D eigenvalue weighted by molar-refractivity contribution is -0.121. The van der Waals surface area contributed by atoms with Crippen LogP contribution >= 0.6 is 0 Å². The third-order valence-electron chi connectivity index (χ3n) is 3.50. The molecular weight excluding hydrogens is 256 g/mol. The number of nitrogens with one attached hydrogen (secondary N) is 1. The van der Waals surface area contributed by atoms with Crippen LogP contribution in [0.3, 0.4) is 0 Å². The van der Waals surface area contributed by atoms with Gasteiger partial charge in [-0.15, -0.1) is 0 Å². The zero-order valence-electron chi connectivity index (χ0n) is 12.5. The Labute approximate surface area is 120 Å². The Kier molecular flexibility index (Phi) is 6.28. The third-order valence-corrected chi connectivity index (χ3v) is 3.50. The van der Waals surface area contributed by atoms with Crippen molar-refractivity contribution < 1.29 is 14.7 Å². The van der Waals surface area contributed by atoms with Crippen LogP contribution in [0, 0.1) is 0 Å². The zero-order valence-corrected chi connectivity index (χ0v) is 12.5. The van der Waals surface area contributed by atoms with Crippen molar-refractivity contribution >= 4 is 11.9 Å². The SMILES string of the molecule is CCCNC(=O)Cn1ccc(C(=O)O)c1C(CC)CC. The minimum absolute atomic E-state index is 0.0772. The van der Waals surface area contributed by atoms with Gasteiger partial charge in [0.2, 0.25) is 5.91 Å². The number of nitrogens with zero attached hydrogens (tertiary/aromatic N) is 1. The predicted molar refractivity (Wildman–Crippen MR) is 78.0 cm³/mol. The number of amides is 1. The Morgan fingerprint density at radius 1 is 1.30 bits per heavy atom. The molecule has 0 aromatic carbocycles. The van der Waals surface area contributed by atoms with E-state index in [1.165, 1.54) is 0 Å². The van der Waals surface area contributed by atoms with Crippen LogP contribution in [0.15, 0.2) is 12.3 Å². The lowest BCUT2D eigenvalue weighted by Crippen LogP contribution is -2.29. The molecule has 1 rings (SSSR count). The van der Waals surface area contributed by atoms with E-state index in [-0.39, 0.29) is 18.4 Å². The number of carbonyl (C=O) groups excluding carboxylic acids is 1. The van der Waals surface area contributed by atoms with Crippen LogP contribution in [0.4, 0.5) is 0 Å². The van der Waals surface area contributed by atoms with Crippen LogP contribution < -0.4 is 5.32 Å². The monoisotopic (exact) mass is 280 g/mol. The molecule has 1 aromatic heterocycles. The van der Waals surface area contributed by atoms with Gasteiger partial charge in [0.1, 0.15) is 6.54 Å². The van der Waals surface area contributed by atoms with Crippen molar-refractivity contribution in [2.24, 2.45) is 0 Å². The lowest BCUT2D eigenvalue weighted by Gasteiger charge is -2.18. The number of aromatic nitrogens is 1. The van der Waals surface area contributed by atoms with Gasteiger partial charge < -0.3 is 15.0 Å². The average Bonchev–Trinajstić information content (AvgIpc) is 2.82. The summed E-state index contributed by atoms with van der Waals surface area (Å²) in [4.78, 5) is 23.1. The molecule has 112 valence electrons. The summed E-state index contributed by atoms with van der Waals surface area (Å²) in [7, 11) is 0. The highest BCUT2D eigenvalue weighted by atomic mass is 16.4. The zero-order chi connectivity index (χ0) is 15.1. The number of rotatable bonds is 8. The number of carbonyl (C=O) groups is 2. The Hall–Kier alpha value is -1.78. The highest BCUT2D eigenvalue weighted by molar-refractivity contribution is 5.89. The average molecular weight is 280 g/mol. The number of carboxylic acid groups (broad SMARTS) is 1. The fraction of sp³-hybridized carbons (Fsp3) is 0.600. The highest BCUT2D eigenvalue weighted by Crippen LogP contribution is 2.27. The van der Waals surface area contributed by atoms with E-state index in [0.29, 0.717) is 12.1 Å². The first-order chi connectivity index (χ1) is 9.54. The maximum Gasteiger partial charge on any atom is 0.337 e. The molecule has 0 saturated heterocycles. The van der Waals surface area contributed by atoms with E-state index in [1.807, 2.05) is 20.8 Å². The molecule has 0 fully saturated rings. The molecule has 0 unspecified atom stereocenters. The molecule has 5 heteroatoms. The van der Waals surface area contributed by atoms with Crippen molar-refractivity contribution in [3.05, 3.63) is 23.5 Å². The van der Waals surface area contributed by atoms with Crippen molar-refractivity contribution in [1.29, 1.82) is 0 Å². The Morgan fingerprint density at radius 3 is 2.45 bits per heavy atom. The van der Waals surface area contributed by atoms with Crippen molar-refractivity contribution in [2.75, 3.05) is 6.54 Å². The standard InChI is InChI=1S/C15H24N2O3/c1-4-8-16-13(18)10-17-9-7-12(15(19)20)14(17)11(5-2)6-3/h7,9,11H,4-6,8,10H2,1-3H3,(H,16,18)(H,19,20). The van der Waals surface area contributed by atoms with Gasteiger partial charge in [0.05, 0.1) is 5.56 Å². The summed E-state index contributed by atoms with van der Waals surface area (Å²) < 4.78 is 1.77. The first-order valence-electron chi connectivity index (χ1n) is 7.24. The summed E-state index contributed by atoms with van der Waals surface area (Å²) in [6, 6.07) is 1.59. The first kappa shape index (κ1) is 16.3. The minimum Gasteiger partial charge on any atom is -0.478 e. The van der Waals surface area contributed by atoms with Crippen LogP contribution in [-0.2, 0) is 11.3 Å². The molecule has 2 N–H and O–H groups in total. The van der Waals surface area contributed by atoms with E-state index < -0.39 is 5.97 Å². The van der Waals surface area contributed by atoms with Gasteiger partial charge in [-0.1, -0.05) is 20.8 Å². The predicted octanol–water partition coefficient (Wildman–Crippen LogP) is 2.62. The molecule has 0 saturated carbocycles. The van der Waals surface area contributed by atoms with Gasteiger partial charge in [0.15, 0.2) is 0 Å². The van der Waals surface area contributed by atoms with Gasteiger partial charge in [-0.05, 0) is 31.2 Å². The van der Waals surface area contributed by atoms with Crippen LogP contribution in [0.25, 0.3) is 0 Å². The normalized spacial score (nSPS) is 10.8. The van der Waals surface area contributed by atoms with E-state index in [0.717, 1.165) is 25.0 Å². The number of aromatic carboxylic acids is 1. The van der Waals surface area contributed by atoms with Gasteiger partial charge in [-0.3, -0.25) is 4.79 Å². The second-order valence-corrected chi connectivity index (χ2v) is 4.91. The van der Waals surface area contributed by atoms with Crippen molar-refractivity contribution in [1.82, 2.24) is 9.88 Å². The maximum absolute atomic E-state index is 11.8. The topological polar surface area (TPSA) is 71.3 Å². The van der Waals surface area contributed by atoms with Crippen molar-refractivity contribution in [3.63, 3.8) is 0 Å². The maximum atomic E-state index is 11.8. The smallest absolute Gasteiger partial charge is 0.337 e. The number of carboxylic acids is 1. The summed E-state index contributed by atoms with van der Waals surface area (Å²) >= 11 is 0. The molecule has 0 radical (unpaired) electrons. The highest BCUT2D eigenvalue weighted by Gasteiger charge is 2.22. The van der Waals surface area contributed by atoms with Crippen LogP contribution in [-0.4, -0.2) is 28.1 Å². The molecule has 0 aliphatic heterocycles. The molecule has 0 bridgehead atoms. The molecule has 20 heavy (non-hydrogen) atoms.